The number of ether oxygens (including phenoxy) is 2. The van der Waals surface area contributed by atoms with Gasteiger partial charge in [0.15, 0.2) is 29.3 Å². The Balaban J connectivity index is 1.51. The molecule has 2 aliphatic heterocycles. The quantitative estimate of drug-likeness (QED) is 0.711. The second kappa shape index (κ2) is 5.91. The van der Waals surface area contributed by atoms with Gasteiger partial charge in [-0.25, -0.2) is 4.98 Å². The van der Waals surface area contributed by atoms with Crippen LogP contribution < -0.4 is 14.4 Å². The number of para-hydroxylation sites is 1. The molecule has 0 atom stereocenters. The van der Waals surface area contributed by atoms with Crippen molar-refractivity contribution in [2.24, 2.45) is 0 Å². The Labute approximate surface area is 150 Å². The molecule has 0 saturated heterocycles. The van der Waals surface area contributed by atoms with Gasteiger partial charge in [-0.2, -0.15) is 0 Å². The molecule has 0 fully saturated rings. The van der Waals surface area contributed by atoms with E-state index < -0.39 is 0 Å². The van der Waals surface area contributed by atoms with E-state index in [0.717, 1.165) is 17.7 Å². The van der Waals surface area contributed by atoms with Gasteiger partial charge in [-0.1, -0.05) is 18.2 Å². The van der Waals surface area contributed by atoms with Crippen molar-refractivity contribution >= 4 is 11.6 Å². The molecule has 1 aromatic heterocycles. The predicted molar refractivity (Wildman–Crippen MR) is 94.8 cm³/mol. The van der Waals surface area contributed by atoms with Crippen LogP contribution in [0.15, 0.2) is 53.3 Å². The van der Waals surface area contributed by atoms with E-state index >= 15 is 0 Å². The summed E-state index contributed by atoms with van der Waals surface area (Å²) in [5, 5.41) is 0. The van der Waals surface area contributed by atoms with E-state index in [9.17, 15) is 4.79 Å². The molecule has 0 aliphatic carbocycles. The standard InChI is InChI=1S/C20H16N2O4/c23-20(22-8-7-13-3-1-2-4-15(13)22)18-19(26-12-21-18)14-5-6-16-17(11-14)25-10-9-24-16/h1-6,11-12H,7-10H2. The molecule has 26 heavy (non-hydrogen) atoms. The first-order valence-electron chi connectivity index (χ1n) is 8.54. The Kier molecular flexibility index (Phi) is 3.41. The van der Waals surface area contributed by atoms with Crippen molar-refractivity contribution in [3.63, 3.8) is 0 Å². The molecular weight excluding hydrogens is 332 g/mol. The second-order valence-corrected chi connectivity index (χ2v) is 6.22. The van der Waals surface area contributed by atoms with E-state index in [1.165, 1.54) is 12.0 Å². The van der Waals surface area contributed by atoms with Gasteiger partial charge in [0.25, 0.3) is 5.91 Å². The van der Waals surface area contributed by atoms with E-state index in [2.05, 4.69) is 4.98 Å². The lowest BCUT2D eigenvalue weighted by Gasteiger charge is -2.19. The molecule has 2 aromatic carbocycles. The number of amides is 1. The lowest BCUT2D eigenvalue weighted by molar-refractivity contribution is 0.0985. The van der Waals surface area contributed by atoms with Crippen LogP contribution in [0.4, 0.5) is 5.69 Å². The summed E-state index contributed by atoms with van der Waals surface area (Å²) in [6, 6.07) is 13.4. The fraction of sp³-hybridized carbons (Fsp3) is 0.200. The second-order valence-electron chi connectivity index (χ2n) is 6.22. The molecule has 0 saturated carbocycles. The number of oxazole rings is 1. The van der Waals surface area contributed by atoms with Crippen molar-refractivity contribution in [1.82, 2.24) is 4.98 Å². The zero-order chi connectivity index (χ0) is 17.5. The molecule has 5 rings (SSSR count). The summed E-state index contributed by atoms with van der Waals surface area (Å²) < 4.78 is 16.7. The van der Waals surface area contributed by atoms with E-state index in [1.54, 1.807) is 4.90 Å². The highest BCUT2D eigenvalue weighted by atomic mass is 16.6. The number of hydrogen-bond donors (Lipinski definition) is 0. The van der Waals surface area contributed by atoms with Crippen LogP contribution in [0.2, 0.25) is 0 Å². The average Bonchev–Trinajstić information content (AvgIpc) is 3.34. The van der Waals surface area contributed by atoms with Gasteiger partial charge in [-0.15, -0.1) is 0 Å². The van der Waals surface area contributed by atoms with Gasteiger partial charge in [0, 0.05) is 17.8 Å². The lowest BCUT2D eigenvalue weighted by Crippen LogP contribution is -2.29. The molecule has 0 spiro atoms. The van der Waals surface area contributed by atoms with Gasteiger partial charge < -0.3 is 18.8 Å². The first kappa shape index (κ1) is 15.0. The minimum Gasteiger partial charge on any atom is -0.486 e. The van der Waals surface area contributed by atoms with Crippen LogP contribution in [0.1, 0.15) is 16.1 Å². The highest BCUT2D eigenvalue weighted by Gasteiger charge is 2.29. The third kappa shape index (κ3) is 2.34. The van der Waals surface area contributed by atoms with E-state index in [1.807, 2.05) is 42.5 Å². The van der Waals surface area contributed by atoms with Crippen molar-refractivity contribution in [2.45, 2.75) is 6.42 Å². The number of carbonyl (C=O) groups excluding carboxylic acids is 1. The average molecular weight is 348 g/mol. The summed E-state index contributed by atoms with van der Waals surface area (Å²) in [4.78, 5) is 19.1. The SMILES string of the molecule is O=C(c1ncoc1-c1ccc2c(c1)OCCO2)N1CCc2ccccc21. The number of rotatable bonds is 2. The number of nitrogens with zero attached hydrogens (tertiary/aromatic N) is 2. The normalized spacial score (nSPS) is 15.0. The molecular formula is C20H16N2O4. The third-order valence-electron chi connectivity index (χ3n) is 4.71. The Hall–Kier alpha value is -3.28. The first-order valence-corrected chi connectivity index (χ1v) is 8.54. The molecule has 0 unspecified atom stereocenters. The maximum atomic E-state index is 13.1. The molecule has 0 radical (unpaired) electrons. The Morgan fingerprint density at radius 2 is 1.88 bits per heavy atom. The summed E-state index contributed by atoms with van der Waals surface area (Å²) in [6.45, 7) is 1.68. The number of fused-ring (bicyclic) bond motifs is 2. The maximum absolute atomic E-state index is 13.1. The van der Waals surface area contributed by atoms with Crippen molar-refractivity contribution in [1.29, 1.82) is 0 Å². The lowest BCUT2D eigenvalue weighted by atomic mass is 10.1. The van der Waals surface area contributed by atoms with Crippen LogP contribution in [-0.4, -0.2) is 30.6 Å². The predicted octanol–water partition coefficient (Wildman–Crippen LogP) is 3.32. The molecule has 6 heteroatoms. The molecule has 2 aliphatic rings. The topological polar surface area (TPSA) is 64.8 Å². The van der Waals surface area contributed by atoms with Gasteiger partial charge in [-0.3, -0.25) is 4.79 Å². The zero-order valence-corrected chi connectivity index (χ0v) is 14.0. The number of hydrogen-bond acceptors (Lipinski definition) is 5. The largest absolute Gasteiger partial charge is 0.486 e. The number of benzene rings is 2. The van der Waals surface area contributed by atoms with Crippen molar-refractivity contribution in [2.75, 3.05) is 24.7 Å². The summed E-state index contributed by atoms with van der Waals surface area (Å²) in [7, 11) is 0. The minimum absolute atomic E-state index is 0.159. The first-order chi connectivity index (χ1) is 12.8. The van der Waals surface area contributed by atoms with Crippen molar-refractivity contribution in [3.8, 4) is 22.8 Å². The van der Waals surface area contributed by atoms with Crippen LogP contribution in [-0.2, 0) is 6.42 Å². The molecule has 0 bridgehead atoms. The van der Waals surface area contributed by atoms with E-state index in [-0.39, 0.29) is 5.91 Å². The highest BCUT2D eigenvalue weighted by Crippen LogP contribution is 2.36. The van der Waals surface area contributed by atoms with Gasteiger partial charge in [-0.05, 0) is 36.2 Å². The number of carbonyl (C=O) groups is 1. The number of aromatic nitrogens is 1. The van der Waals surface area contributed by atoms with Gasteiger partial charge in [0.2, 0.25) is 0 Å². The fourth-order valence-electron chi connectivity index (χ4n) is 3.46. The monoisotopic (exact) mass is 348 g/mol. The summed E-state index contributed by atoms with van der Waals surface area (Å²) in [5.74, 6) is 1.63. The minimum atomic E-state index is -0.159. The fourth-order valence-corrected chi connectivity index (χ4v) is 3.46. The molecule has 0 N–H and O–H groups in total. The number of anilines is 1. The van der Waals surface area contributed by atoms with Gasteiger partial charge in [0.05, 0.1) is 0 Å². The smallest absolute Gasteiger partial charge is 0.280 e. The zero-order valence-electron chi connectivity index (χ0n) is 14.0. The Bertz CT molecular complexity index is 995. The maximum Gasteiger partial charge on any atom is 0.280 e. The van der Waals surface area contributed by atoms with Crippen LogP contribution in [0.25, 0.3) is 11.3 Å². The van der Waals surface area contributed by atoms with Crippen LogP contribution in [0.3, 0.4) is 0 Å². The van der Waals surface area contributed by atoms with Crippen LogP contribution >= 0.6 is 0 Å². The van der Waals surface area contributed by atoms with Crippen molar-refractivity contribution < 1.29 is 18.7 Å². The van der Waals surface area contributed by atoms with E-state index in [0.29, 0.717) is 42.7 Å². The van der Waals surface area contributed by atoms with Gasteiger partial charge in [0.1, 0.15) is 13.2 Å². The third-order valence-corrected chi connectivity index (χ3v) is 4.71. The van der Waals surface area contributed by atoms with Crippen LogP contribution in [0, 0.1) is 0 Å². The van der Waals surface area contributed by atoms with Gasteiger partial charge >= 0.3 is 0 Å². The molecule has 3 aromatic rings. The highest BCUT2D eigenvalue weighted by molar-refractivity contribution is 6.09. The Morgan fingerprint density at radius 3 is 2.81 bits per heavy atom. The molecule has 6 nitrogen and oxygen atoms in total. The van der Waals surface area contributed by atoms with Crippen LogP contribution in [0.5, 0.6) is 11.5 Å². The molecule has 130 valence electrons. The van der Waals surface area contributed by atoms with Crippen molar-refractivity contribution in [3.05, 3.63) is 60.1 Å². The Morgan fingerprint density at radius 1 is 1.04 bits per heavy atom. The summed E-state index contributed by atoms with van der Waals surface area (Å²) in [6.07, 6.45) is 2.15. The molecule has 1 amide bonds. The molecule has 3 heterocycles. The summed E-state index contributed by atoms with van der Waals surface area (Å²) in [5.41, 5.74) is 3.15. The van der Waals surface area contributed by atoms with E-state index in [4.69, 9.17) is 13.9 Å². The summed E-state index contributed by atoms with van der Waals surface area (Å²) >= 11 is 0.